The van der Waals surface area contributed by atoms with Crippen LogP contribution in [0.5, 0.6) is 0 Å². The number of amides is 1. The Morgan fingerprint density at radius 1 is 1.45 bits per heavy atom. The van der Waals surface area contributed by atoms with Gasteiger partial charge in [0.25, 0.3) is 5.91 Å². The molecule has 1 atom stereocenters. The maximum Gasteiger partial charge on any atom is 0.326 e. The average Bonchev–Trinajstić information content (AvgIpc) is 2.46. The molecule has 0 spiro atoms. The molecule has 0 fully saturated rings. The number of nitrogens with one attached hydrogen (secondary N) is 2. The van der Waals surface area contributed by atoms with Crippen LogP contribution in [-0.2, 0) is 17.8 Å². The average molecular weight is 276 g/mol. The van der Waals surface area contributed by atoms with E-state index in [0.29, 0.717) is 24.9 Å². The summed E-state index contributed by atoms with van der Waals surface area (Å²) in [6.07, 6.45) is 2.05. The molecule has 1 aliphatic heterocycles. The molecule has 1 aliphatic rings. The first kappa shape index (κ1) is 14.5. The minimum Gasteiger partial charge on any atom is -0.480 e. The van der Waals surface area contributed by atoms with Crippen molar-refractivity contribution in [3.63, 3.8) is 0 Å². The van der Waals surface area contributed by atoms with Crippen LogP contribution < -0.4 is 10.6 Å². The van der Waals surface area contributed by atoms with Crippen LogP contribution in [-0.4, -0.2) is 29.6 Å². The van der Waals surface area contributed by atoms with E-state index < -0.39 is 12.0 Å². The van der Waals surface area contributed by atoms with Gasteiger partial charge in [-0.25, -0.2) is 4.79 Å². The molecule has 0 saturated heterocycles. The van der Waals surface area contributed by atoms with E-state index in [2.05, 4.69) is 10.6 Å². The quantitative estimate of drug-likeness (QED) is 0.758. The van der Waals surface area contributed by atoms with Crippen molar-refractivity contribution in [1.82, 2.24) is 10.6 Å². The van der Waals surface area contributed by atoms with Gasteiger partial charge in [0.2, 0.25) is 0 Å². The Morgan fingerprint density at radius 2 is 2.25 bits per heavy atom. The summed E-state index contributed by atoms with van der Waals surface area (Å²) >= 11 is 0. The van der Waals surface area contributed by atoms with Crippen molar-refractivity contribution in [1.29, 1.82) is 0 Å². The molecule has 5 heteroatoms. The number of rotatable bonds is 5. The molecular formula is C15H20N2O3. The first-order valence-corrected chi connectivity index (χ1v) is 6.98. The van der Waals surface area contributed by atoms with Crippen LogP contribution >= 0.6 is 0 Å². The van der Waals surface area contributed by atoms with Crippen LogP contribution in [0.1, 0.15) is 41.3 Å². The molecule has 3 N–H and O–H groups in total. The van der Waals surface area contributed by atoms with Crippen LogP contribution in [0, 0.1) is 0 Å². The van der Waals surface area contributed by atoms with E-state index in [0.717, 1.165) is 18.5 Å². The van der Waals surface area contributed by atoms with Crippen LogP contribution in [0.2, 0.25) is 0 Å². The molecule has 1 aromatic rings. The molecular weight excluding hydrogens is 256 g/mol. The van der Waals surface area contributed by atoms with Crippen molar-refractivity contribution in [2.45, 2.75) is 38.8 Å². The molecule has 2 rings (SSSR count). The lowest BCUT2D eigenvalue weighted by Gasteiger charge is -2.21. The fourth-order valence-corrected chi connectivity index (χ4v) is 2.51. The Balaban J connectivity index is 2.19. The minimum absolute atomic E-state index is 0.300. The normalized spacial score (nSPS) is 15.2. The predicted octanol–water partition coefficient (Wildman–Crippen LogP) is 1.32. The second-order valence-corrected chi connectivity index (χ2v) is 5.02. The Hall–Kier alpha value is -1.88. The Bertz CT molecular complexity index is 514. The molecule has 0 bridgehead atoms. The van der Waals surface area contributed by atoms with Crippen LogP contribution in [0.15, 0.2) is 18.2 Å². The molecule has 1 aromatic carbocycles. The van der Waals surface area contributed by atoms with Crippen LogP contribution in [0.4, 0.5) is 0 Å². The van der Waals surface area contributed by atoms with E-state index in [9.17, 15) is 9.59 Å². The third-order valence-corrected chi connectivity index (χ3v) is 3.57. The smallest absolute Gasteiger partial charge is 0.326 e. The zero-order chi connectivity index (χ0) is 14.5. The second kappa shape index (κ2) is 6.52. The van der Waals surface area contributed by atoms with E-state index in [4.69, 9.17) is 5.11 Å². The van der Waals surface area contributed by atoms with Gasteiger partial charge in [0.05, 0.1) is 0 Å². The van der Waals surface area contributed by atoms with Gasteiger partial charge < -0.3 is 15.7 Å². The number of carboxylic acids is 1. The summed E-state index contributed by atoms with van der Waals surface area (Å²) in [7, 11) is 0. The summed E-state index contributed by atoms with van der Waals surface area (Å²) in [5.41, 5.74) is 2.73. The standard InChI is InChI=1S/C15H20N2O3/c1-2-4-13(15(19)20)17-14(18)11-6-3-5-10-7-8-16-9-12(10)11/h3,5-6,13,16H,2,4,7-9H2,1H3,(H,17,18)(H,19,20). The fraction of sp³-hybridized carbons (Fsp3) is 0.467. The number of aliphatic carboxylic acids is 1. The van der Waals surface area contributed by atoms with Gasteiger partial charge in [-0.3, -0.25) is 4.79 Å². The second-order valence-electron chi connectivity index (χ2n) is 5.02. The number of carboxylic acid groups (broad SMARTS) is 1. The topological polar surface area (TPSA) is 78.4 Å². The maximum atomic E-state index is 12.3. The highest BCUT2D eigenvalue weighted by molar-refractivity contribution is 5.98. The van der Waals surface area contributed by atoms with Crippen molar-refractivity contribution in [2.24, 2.45) is 0 Å². The molecule has 1 heterocycles. The Morgan fingerprint density at radius 3 is 2.95 bits per heavy atom. The van der Waals surface area contributed by atoms with Gasteiger partial charge in [0, 0.05) is 12.1 Å². The van der Waals surface area contributed by atoms with Gasteiger partial charge >= 0.3 is 5.97 Å². The number of fused-ring (bicyclic) bond motifs is 1. The largest absolute Gasteiger partial charge is 0.480 e. The molecule has 20 heavy (non-hydrogen) atoms. The molecule has 0 aliphatic carbocycles. The lowest BCUT2D eigenvalue weighted by molar-refractivity contribution is -0.139. The highest BCUT2D eigenvalue weighted by Gasteiger charge is 2.22. The van der Waals surface area contributed by atoms with E-state index in [1.165, 1.54) is 5.56 Å². The number of hydrogen-bond donors (Lipinski definition) is 3. The van der Waals surface area contributed by atoms with Crippen molar-refractivity contribution in [3.05, 3.63) is 34.9 Å². The van der Waals surface area contributed by atoms with Gasteiger partial charge in [-0.05, 0) is 36.6 Å². The van der Waals surface area contributed by atoms with E-state index in [1.54, 1.807) is 6.07 Å². The van der Waals surface area contributed by atoms with E-state index in [1.807, 2.05) is 19.1 Å². The monoisotopic (exact) mass is 276 g/mol. The maximum absolute atomic E-state index is 12.3. The molecule has 0 radical (unpaired) electrons. The van der Waals surface area contributed by atoms with Crippen LogP contribution in [0.25, 0.3) is 0 Å². The molecule has 0 aromatic heterocycles. The summed E-state index contributed by atoms with van der Waals surface area (Å²) < 4.78 is 0. The third kappa shape index (κ3) is 3.17. The summed E-state index contributed by atoms with van der Waals surface area (Å²) in [5, 5.41) is 15.0. The fourth-order valence-electron chi connectivity index (χ4n) is 2.51. The highest BCUT2D eigenvalue weighted by atomic mass is 16.4. The molecule has 5 nitrogen and oxygen atoms in total. The Labute approximate surface area is 118 Å². The van der Waals surface area contributed by atoms with E-state index in [-0.39, 0.29) is 5.91 Å². The van der Waals surface area contributed by atoms with Crippen molar-refractivity contribution in [2.75, 3.05) is 6.54 Å². The lowest BCUT2D eigenvalue weighted by atomic mass is 9.95. The zero-order valence-electron chi connectivity index (χ0n) is 11.6. The van der Waals surface area contributed by atoms with Gasteiger partial charge in [0.15, 0.2) is 0 Å². The number of benzene rings is 1. The minimum atomic E-state index is -0.983. The first-order valence-electron chi connectivity index (χ1n) is 6.98. The summed E-state index contributed by atoms with van der Waals surface area (Å²) in [6.45, 7) is 3.46. The zero-order valence-corrected chi connectivity index (χ0v) is 11.6. The van der Waals surface area contributed by atoms with Gasteiger partial charge in [0.1, 0.15) is 6.04 Å². The highest BCUT2D eigenvalue weighted by Crippen LogP contribution is 2.18. The van der Waals surface area contributed by atoms with Crippen LogP contribution in [0.3, 0.4) is 0 Å². The van der Waals surface area contributed by atoms with Crippen molar-refractivity contribution in [3.8, 4) is 0 Å². The molecule has 1 amide bonds. The molecule has 0 saturated carbocycles. The number of hydrogen-bond acceptors (Lipinski definition) is 3. The predicted molar refractivity (Wildman–Crippen MR) is 75.7 cm³/mol. The van der Waals surface area contributed by atoms with E-state index >= 15 is 0 Å². The van der Waals surface area contributed by atoms with Gasteiger partial charge in [-0.2, -0.15) is 0 Å². The van der Waals surface area contributed by atoms with Crippen molar-refractivity contribution >= 4 is 11.9 Å². The number of carbonyl (C=O) groups is 2. The first-order chi connectivity index (χ1) is 9.63. The van der Waals surface area contributed by atoms with Gasteiger partial charge in [-0.15, -0.1) is 0 Å². The summed E-state index contributed by atoms with van der Waals surface area (Å²) in [6, 6.07) is 4.81. The lowest BCUT2D eigenvalue weighted by Crippen LogP contribution is -2.41. The van der Waals surface area contributed by atoms with Crippen molar-refractivity contribution < 1.29 is 14.7 Å². The third-order valence-electron chi connectivity index (χ3n) is 3.57. The SMILES string of the molecule is CCCC(NC(=O)c1cccc2c1CNCC2)C(=O)O. The Kier molecular flexibility index (Phi) is 4.74. The molecule has 108 valence electrons. The summed E-state index contributed by atoms with van der Waals surface area (Å²) in [5.74, 6) is -1.28. The molecule has 1 unspecified atom stereocenters. The summed E-state index contributed by atoms with van der Waals surface area (Å²) in [4.78, 5) is 23.4. The number of carbonyl (C=O) groups excluding carboxylic acids is 1. The van der Waals surface area contributed by atoms with Gasteiger partial charge in [-0.1, -0.05) is 25.5 Å².